The lowest BCUT2D eigenvalue weighted by atomic mass is 10.2. The fraction of sp³-hybridized carbons (Fsp3) is 0.333. The summed E-state index contributed by atoms with van der Waals surface area (Å²) in [6, 6.07) is 8.45. The van der Waals surface area contributed by atoms with Crippen molar-refractivity contribution in [1.82, 2.24) is 0 Å². The van der Waals surface area contributed by atoms with Crippen LogP contribution in [0.4, 0.5) is 0 Å². The molecule has 1 rings (SSSR count). The molecule has 0 aromatic heterocycles. The van der Waals surface area contributed by atoms with E-state index in [9.17, 15) is 9.90 Å². The summed E-state index contributed by atoms with van der Waals surface area (Å²) >= 11 is 0. The molecule has 0 aliphatic carbocycles. The largest absolute Gasteiger partial charge is 0.467 e. The third-order valence-electron chi connectivity index (χ3n) is 2.13. The lowest BCUT2D eigenvalue weighted by Gasteiger charge is -2.11. The standard InChI is InChI=1S/C12H15NO4/c1-9(11(14)12(15)16-2)13-8-17-10-6-4-3-5-7-10/h3-9,11,14H,1-2H3. The van der Waals surface area contributed by atoms with Gasteiger partial charge in [0.25, 0.3) is 0 Å². The number of carbonyl (C=O) groups excluding carboxylic acids is 1. The van der Waals surface area contributed by atoms with Crippen molar-refractivity contribution >= 4 is 12.4 Å². The number of methoxy groups -OCH3 is 1. The zero-order valence-corrected chi connectivity index (χ0v) is 9.74. The van der Waals surface area contributed by atoms with Gasteiger partial charge in [0.15, 0.2) is 12.5 Å². The number of aliphatic imine (C=N–C) groups is 1. The number of hydrogen-bond donors (Lipinski definition) is 1. The molecule has 1 aromatic rings. The number of para-hydroxylation sites is 1. The van der Waals surface area contributed by atoms with Crippen molar-refractivity contribution in [2.24, 2.45) is 4.99 Å². The Morgan fingerprint density at radius 1 is 1.41 bits per heavy atom. The Kier molecular flexibility index (Phi) is 5.16. The quantitative estimate of drug-likeness (QED) is 0.471. The van der Waals surface area contributed by atoms with E-state index in [1.165, 1.54) is 13.5 Å². The highest BCUT2D eigenvalue weighted by atomic mass is 16.5. The molecule has 0 fully saturated rings. The smallest absolute Gasteiger partial charge is 0.336 e. The van der Waals surface area contributed by atoms with Crippen molar-refractivity contribution in [2.45, 2.75) is 19.1 Å². The molecule has 5 heteroatoms. The first-order valence-electron chi connectivity index (χ1n) is 5.14. The van der Waals surface area contributed by atoms with Crippen molar-refractivity contribution in [1.29, 1.82) is 0 Å². The molecule has 0 spiro atoms. The predicted molar refractivity (Wildman–Crippen MR) is 63.0 cm³/mol. The van der Waals surface area contributed by atoms with Crippen LogP contribution < -0.4 is 4.74 Å². The maximum absolute atomic E-state index is 11.0. The zero-order valence-electron chi connectivity index (χ0n) is 9.74. The number of benzene rings is 1. The van der Waals surface area contributed by atoms with Gasteiger partial charge in [0.05, 0.1) is 13.2 Å². The third kappa shape index (κ3) is 4.24. The third-order valence-corrected chi connectivity index (χ3v) is 2.13. The Morgan fingerprint density at radius 2 is 2.06 bits per heavy atom. The fourth-order valence-corrected chi connectivity index (χ4v) is 1.09. The molecule has 17 heavy (non-hydrogen) atoms. The minimum absolute atomic E-state index is 0.619. The topological polar surface area (TPSA) is 68.1 Å². The molecule has 2 unspecified atom stereocenters. The van der Waals surface area contributed by atoms with Gasteiger partial charge >= 0.3 is 5.97 Å². The van der Waals surface area contributed by atoms with E-state index in [2.05, 4.69) is 9.73 Å². The molecular weight excluding hydrogens is 222 g/mol. The molecule has 0 radical (unpaired) electrons. The van der Waals surface area contributed by atoms with Gasteiger partial charge in [-0.05, 0) is 19.1 Å². The maximum atomic E-state index is 11.0. The van der Waals surface area contributed by atoms with Crippen LogP contribution in [0, 0.1) is 0 Å². The number of aliphatic hydroxyl groups is 1. The van der Waals surface area contributed by atoms with Gasteiger partial charge in [-0.2, -0.15) is 0 Å². The number of nitrogens with zero attached hydrogens (tertiary/aromatic N) is 1. The molecule has 2 atom stereocenters. The molecule has 1 aromatic carbocycles. The first-order chi connectivity index (χ1) is 8.15. The summed E-state index contributed by atoms with van der Waals surface area (Å²) in [4.78, 5) is 14.9. The van der Waals surface area contributed by atoms with Crippen LogP contribution in [-0.2, 0) is 9.53 Å². The van der Waals surface area contributed by atoms with E-state index in [4.69, 9.17) is 4.74 Å². The highest BCUT2D eigenvalue weighted by Gasteiger charge is 2.21. The average Bonchev–Trinajstić information content (AvgIpc) is 2.38. The Bertz CT molecular complexity index is 377. The Balaban J connectivity index is 2.46. The minimum Gasteiger partial charge on any atom is -0.467 e. The minimum atomic E-state index is -1.28. The van der Waals surface area contributed by atoms with Crippen molar-refractivity contribution < 1.29 is 19.4 Å². The Morgan fingerprint density at radius 3 is 2.65 bits per heavy atom. The number of rotatable bonds is 5. The molecule has 0 amide bonds. The number of esters is 1. The van der Waals surface area contributed by atoms with Crippen molar-refractivity contribution in [3.05, 3.63) is 30.3 Å². The summed E-state index contributed by atoms with van der Waals surface area (Å²) in [5.74, 6) is -0.0784. The van der Waals surface area contributed by atoms with Crippen LogP contribution in [0.5, 0.6) is 5.75 Å². The average molecular weight is 237 g/mol. The van der Waals surface area contributed by atoms with E-state index in [1.54, 1.807) is 19.1 Å². The fourth-order valence-electron chi connectivity index (χ4n) is 1.09. The molecule has 5 nitrogen and oxygen atoms in total. The molecule has 1 N–H and O–H groups in total. The van der Waals surface area contributed by atoms with E-state index in [1.807, 2.05) is 18.2 Å². The second kappa shape index (κ2) is 6.65. The summed E-state index contributed by atoms with van der Waals surface area (Å²) in [5.41, 5.74) is 0. The summed E-state index contributed by atoms with van der Waals surface area (Å²) in [5, 5.41) is 9.44. The van der Waals surface area contributed by atoms with Gasteiger partial charge in [0.2, 0.25) is 0 Å². The van der Waals surface area contributed by atoms with Crippen LogP contribution in [0.1, 0.15) is 6.92 Å². The second-order valence-electron chi connectivity index (χ2n) is 3.39. The van der Waals surface area contributed by atoms with Gasteiger partial charge in [-0.15, -0.1) is 0 Å². The van der Waals surface area contributed by atoms with Crippen LogP contribution >= 0.6 is 0 Å². The summed E-state index contributed by atoms with van der Waals surface area (Å²) in [7, 11) is 1.21. The molecule has 0 saturated heterocycles. The Hall–Kier alpha value is -1.88. The Labute approximate surface area is 99.7 Å². The first kappa shape index (κ1) is 13.2. The van der Waals surface area contributed by atoms with E-state index < -0.39 is 18.1 Å². The SMILES string of the molecule is COC(=O)C(O)C(C)N=COc1ccccc1. The highest BCUT2D eigenvalue weighted by molar-refractivity contribution is 5.75. The van der Waals surface area contributed by atoms with Crippen LogP contribution in [0.25, 0.3) is 0 Å². The van der Waals surface area contributed by atoms with Gasteiger partial charge in [-0.1, -0.05) is 18.2 Å². The van der Waals surface area contributed by atoms with Gasteiger partial charge in [0, 0.05) is 0 Å². The predicted octanol–water partition coefficient (Wildman–Crippen LogP) is 1.02. The van der Waals surface area contributed by atoms with E-state index in [0.717, 1.165) is 0 Å². The van der Waals surface area contributed by atoms with Crippen molar-refractivity contribution in [2.75, 3.05) is 7.11 Å². The number of ether oxygens (including phenoxy) is 2. The number of aliphatic hydroxyl groups excluding tert-OH is 1. The number of hydrogen-bond acceptors (Lipinski definition) is 5. The lowest BCUT2D eigenvalue weighted by molar-refractivity contribution is -0.151. The molecule has 0 saturated carbocycles. The normalized spacial score (nSPS) is 14.3. The van der Waals surface area contributed by atoms with E-state index >= 15 is 0 Å². The van der Waals surface area contributed by atoms with E-state index in [0.29, 0.717) is 5.75 Å². The zero-order chi connectivity index (χ0) is 12.7. The highest BCUT2D eigenvalue weighted by Crippen LogP contribution is 2.07. The van der Waals surface area contributed by atoms with Crippen LogP contribution in [0.2, 0.25) is 0 Å². The lowest BCUT2D eigenvalue weighted by Crippen LogP contribution is -2.31. The van der Waals surface area contributed by atoms with Gasteiger partial charge in [-0.3, -0.25) is 4.99 Å². The summed E-state index contributed by atoms with van der Waals surface area (Å²) in [6.07, 6.45) is -0.0813. The van der Waals surface area contributed by atoms with Crippen LogP contribution in [-0.4, -0.2) is 36.7 Å². The molecule has 0 bridgehead atoms. The molecule has 0 aliphatic rings. The summed E-state index contributed by atoms with van der Waals surface area (Å²) in [6.45, 7) is 1.59. The van der Waals surface area contributed by atoms with Crippen LogP contribution in [0.15, 0.2) is 35.3 Å². The molecule has 0 heterocycles. The number of carbonyl (C=O) groups is 1. The monoisotopic (exact) mass is 237 g/mol. The van der Waals surface area contributed by atoms with Crippen molar-refractivity contribution in [3.63, 3.8) is 0 Å². The maximum Gasteiger partial charge on any atom is 0.336 e. The first-order valence-corrected chi connectivity index (χ1v) is 5.14. The second-order valence-corrected chi connectivity index (χ2v) is 3.39. The van der Waals surface area contributed by atoms with Gasteiger partial charge in [-0.25, -0.2) is 4.79 Å². The molecular formula is C12H15NO4. The van der Waals surface area contributed by atoms with E-state index in [-0.39, 0.29) is 0 Å². The summed E-state index contributed by atoms with van der Waals surface area (Å²) < 4.78 is 9.58. The van der Waals surface area contributed by atoms with Gasteiger partial charge < -0.3 is 14.6 Å². The molecule has 0 aliphatic heterocycles. The van der Waals surface area contributed by atoms with Crippen LogP contribution in [0.3, 0.4) is 0 Å². The van der Waals surface area contributed by atoms with Crippen molar-refractivity contribution in [3.8, 4) is 5.75 Å². The molecule has 92 valence electrons. The van der Waals surface area contributed by atoms with Gasteiger partial charge in [0.1, 0.15) is 5.75 Å².